The Balaban J connectivity index is 1.99. The monoisotopic (exact) mass is 275 g/mol. The van der Waals surface area contributed by atoms with Gasteiger partial charge in [0.1, 0.15) is 12.4 Å². The fourth-order valence-corrected chi connectivity index (χ4v) is 1.71. The summed E-state index contributed by atoms with van der Waals surface area (Å²) in [5.41, 5.74) is 5.33. The van der Waals surface area contributed by atoms with E-state index in [2.05, 4.69) is 5.10 Å². The minimum absolute atomic E-state index is 0.208. The largest absolute Gasteiger partial charge is 0.490 e. The summed E-state index contributed by atoms with van der Waals surface area (Å²) >= 11 is 0. The number of nitrogens with zero attached hydrogens (tertiary/aromatic N) is 2. The minimum atomic E-state index is -0.208. The van der Waals surface area contributed by atoms with Crippen molar-refractivity contribution < 1.29 is 9.47 Å². The van der Waals surface area contributed by atoms with Crippen molar-refractivity contribution in [3.63, 3.8) is 0 Å². The molecule has 6 nitrogen and oxygen atoms in total. The van der Waals surface area contributed by atoms with Gasteiger partial charge in [0.25, 0.3) is 5.56 Å². The molecule has 0 fully saturated rings. The van der Waals surface area contributed by atoms with Gasteiger partial charge in [-0.05, 0) is 25.1 Å². The van der Waals surface area contributed by atoms with Gasteiger partial charge in [-0.1, -0.05) is 12.1 Å². The molecule has 20 heavy (non-hydrogen) atoms. The Labute approximate surface area is 116 Å². The van der Waals surface area contributed by atoms with Crippen LogP contribution in [0, 0.1) is 0 Å². The maximum Gasteiger partial charge on any atom is 0.266 e. The van der Waals surface area contributed by atoms with E-state index in [1.165, 1.54) is 16.8 Å². The minimum Gasteiger partial charge on any atom is -0.490 e. The first-order chi connectivity index (χ1) is 9.70. The van der Waals surface area contributed by atoms with Gasteiger partial charge >= 0.3 is 0 Å². The van der Waals surface area contributed by atoms with Gasteiger partial charge in [0.2, 0.25) is 0 Å². The van der Waals surface area contributed by atoms with Crippen LogP contribution in [0.1, 0.15) is 6.92 Å². The molecule has 0 aliphatic heterocycles. The lowest BCUT2D eigenvalue weighted by Gasteiger charge is -2.11. The van der Waals surface area contributed by atoms with Gasteiger partial charge in [0.15, 0.2) is 11.5 Å². The molecule has 0 aliphatic rings. The number of anilines is 1. The van der Waals surface area contributed by atoms with Crippen LogP contribution in [0.4, 0.5) is 5.82 Å². The van der Waals surface area contributed by atoms with Crippen molar-refractivity contribution in [3.05, 3.63) is 46.8 Å². The first-order valence-corrected chi connectivity index (χ1v) is 6.39. The molecule has 1 aromatic carbocycles. The third kappa shape index (κ3) is 3.50. The van der Waals surface area contributed by atoms with E-state index in [1.807, 2.05) is 31.2 Å². The number of para-hydroxylation sites is 2. The quantitative estimate of drug-likeness (QED) is 0.859. The predicted octanol–water partition coefficient (Wildman–Crippen LogP) is 1.30. The second-order valence-electron chi connectivity index (χ2n) is 4.05. The zero-order valence-corrected chi connectivity index (χ0v) is 11.3. The SMILES string of the molecule is CCOc1ccccc1OCCn1nc(N)ccc1=O. The Morgan fingerprint density at radius 1 is 1.15 bits per heavy atom. The van der Waals surface area contributed by atoms with Crippen molar-refractivity contribution >= 4 is 5.82 Å². The second kappa shape index (κ2) is 6.60. The highest BCUT2D eigenvalue weighted by Crippen LogP contribution is 2.26. The molecule has 0 amide bonds. The number of nitrogens with two attached hydrogens (primary N) is 1. The van der Waals surface area contributed by atoms with Gasteiger partial charge in [-0.3, -0.25) is 4.79 Å². The van der Waals surface area contributed by atoms with E-state index in [-0.39, 0.29) is 5.56 Å². The van der Waals surface area contributed by atoms with Crippen LogP contribution in [0.3, 0.4) is 0 Å². The Morgan fingerprint density at radius 3 is 2.55 bits per heavy atom. The zero-order valence-electron chi connectivity index (χ0n) is 11.3. The zero-order chi connectivity index (χ0) is 14.4. The number of hydrogen-bond acceptors (Lipinski definition) is 5. The molecule has 2 rings (SSSR count). The fourth-order valence-electron chi connectivity index (χ4n) is 1.71. The third-order valence-electron chi connectivity index (χ3n) is 2.60. The molecular weight excluding hydrogens is 258 g/mol. The highest BCUT2D eigenvalue weighted by molar-refractivity contribution is 5.39. The van der Waals surface area contributed by atoms with E-state index in [9.17, 15) is 4.79 Å². The summed E-state index contributed by atoms with van der Waals surface area (Å²) in [7, 11) is 0. The van der Waals surface area contributed by atoms with Crippen LogP contribution in [0.5, 0.6) is 11.5 Å². The average Bonchev–Trinajstić information content (AvgIpc) is 2.45. The third-order valence-corrected chi connectivity index (χ3v) is 2.60. The summed E-state index contributed by atoms with van der Waals surface area (Å²) in [6.45, 7) is 3.11. The smallest absolute Gasteiger partial charge is 0.266 e. The van der Waals surface area contributed by atoms with Gasteiger partial charge in [-0.2, -0.15) is 5.10 Å². The fraction of sp³-hybridized carbons (Fsp3) is 0.286. The molecule has 0 bridgehead atoms. The molecule has 2 N–H and O–H groups in total. The maximum absolute atomic E-state index is 11.5. The lowest BCUT2D eigenvalue weighted by molar-refractivity contribution is 0.260. The second-order valence-corrected chi connectivity index (χ2v) is 4.05. The van der Waals surface area contributed by atoms with E-state index in [0.717, 1.165) is 0 Å². The first kappa shape index (κ1) is 13.9. The Hall–Kier alpha value is -2.50. The van der Waals surface area contributed by atoms with Crippen molar-refractivity contribution in [1.29, 1.82) is 0 Å². The Kier molecular flexibility index (Phi) is 4.60. The lowest BCUT2D eigenvalue weighted by Crippen LogP contribution is -2.25. The Bertz CT molecular complexity index is 625. The van der Waals surface area contributed by atoms with E-state index < -0.39 is 0 Å². The normalized spacial score (nSPS) is 10.2. The summed E-state index contributed by atoms with van der Waals surface area (Å²) in [6, 6.07) is 10.3. The highest BCUT2D eigenvalue weighted by atomic mass is 16.5. The highest BCUT2D eigenvalue weighted by Gasteiger charge is 2.04. The predicted molar refractivity (Wildman–Crippen MR) is 76.0 cm³/mol. The maximum atomic E-state index is 11.5. The number of hydrogen-bond donors (Lipinski definition) is 1. The summed E-state index contributed by atoms with van der Waals surface area (Å²) in [4.78, 5) is 11.5. The number of ether oxygens (including phenoxy) is 2. The molecular formula is C14H17N3O3. The van der Waals surface area contributed by atoms with Crippen molar-refractivity contribution in [2.24, 2.45) is 0 Å². The molecule has 2 aromatic rings. The molecule has 1 aromatic heterocycles. The molecule has 0 unspecified atom stereocenters. The topological polar surface area (TPSA) is 79.4 Å². The number of aromatic nitrogens is 2. The van der Waals surface area contributed by atoms with Crippen molar-refractivity contribution in [3.8, 4) is 11.5 Å². The summed E-state index contributed by atoms with van der Waals surface area (Å²) in [5, 5.41) is 3.93. The van der Waals surface area contributed by atoms with Crippen LogP contribution >= 0.6 is 0 Å². The molecule has 0 saturated heterocycles. The van der Waals surface area contributed by atoms with E-state index in [1.54, 1.807) is 0 Å². The van der Waals surface area contributed by atoms with Gasteiger partial charge in [0, 0.05) is 6.07 Å². The summed E-state index contributed by atoms with van der Waals surface area (Å²) in [6.07, 6.45) is 0. The first-order valence-electron chi connectivity index (χ1n) is 6.39. The van der Waals surface area contributed by atoms with Gasteiger partial charge < -0.3 is 15.2 Å². The van der Waals surface area contributed by atoms with Gasteiger partial charge in [-0.25, -0.2) is 4.68 Å². The molecule has 1 heterocycles. The molecule has 0 atom stereocenters. The molecule has 106 valence electrons. The van der Waals surface area contributed by atoms with Gasteiger partial charge in [0.05, 0.1) is 13.2 Å². The van der Waals surface area contributed by atoms with E-state index >= 15 is 0 Å². The number of nitrogen functional groups attached to an aromatic ring is 1. The van der Waals surface area contributed by atoms with Crippen LogP contribution < -0.4 is 20.8 Å². The molecule has 0 radical (unpaired) electrons. The molecule has 0 spiro atoms. The Morgan fingerprint density at radius 2 is 1.85 bits per heavy atom. The van der Waals surface area contributed by atoms with E-state index in [4.69, 9.17) is 15.2 Å². The van der Waals surface area contributed by atoms with Crippen LogP contribution in [0.15, 0.2) is 41.2 Å². The molecule has 0 saturated carbocycles. The van der Waals surface area contributed by atoms with Crippen molar-refractivity contribution in [1.82, 2.24) is 9.78 Å². The van der Waals surface area contributed by atoms with Crippen LogP contribution in [-0.4, -0.2) is 23.0 Å². The summed E-state index contributed by atoms with van der Waals surface area (Å²) in [5.74, 6) is 1.63. The average molecular weight is 275 g/mol. The molecule has 0 aliphatic carbocycles. The number of benzene rings is 1. The van der Waals surface area contributed by atoms with Crippen LogP contribution in [-0.2, 0) is 6.54 Å². The standard InChI is InChI=1S/C14H17N3O3/c1-2-19-11-5-3-4-6-12(11)20-10-9-17-14(18)8-7-13(15)16-17/h3-8H,2,9-10H2,1H3,(H2,15,16). The van der Waals surface area contributed by atoms with Crippen LogP contribution in [0.25, 0.3) is 0 Å². The van der Waals surface area contributed by atoms with Crippen LogP contribution in [0.2, 0.25) is 0 Å². The lowest BCUT2D eigenvalue weighted by atomic mass is 10.3. The summed E-state index contributed by atoms with van der Waals surface area (Å²) < 4.78 is 12.4. The van der Waals surface area contributed by atoms with Crippen molar-refractivity contribution in [2.45, 2.75) is 13.5 Å². The molecule has 6 heteroatoms. The van der Waals surface area contributed by atoms with Gasteiger partial charge in [-0.15, -0.1) is 0 Å². The number of rotatable bonds is 6. The van der Waals surface area contributed by atoms with E-state index in [0.29, 0.717) is 37.1 Å². The van der Waals surface area contributed by atoms with Crippen molar-refractivity contribution in [2.75, 3.05) is 18.9 Å².